The summed E-state index contributed by atoms with van der Waals surface area (Å²) >= 11 is 3.29. The molecule has 0 aliphatic rings. The lowest BCUT2D eigenvalue weighted by atomic mass is 9.95. The number of carbonyl (C=O) groups is 1. The number of rotatable bonds is 13. The van der Waals surface area contributed by atoms with Crippen molar-refractivity contribution in [2.45, 2.75) is 0 Å². The van der Waals surface area contributed by atoms with Gasteiger partial charge in [0.25, 0.3) is 0 Å². The Morgan fingerprint density at radius 2 is 0.944 bits per heavy atom. The number of aromatic carboxylic acids is 1. The number of anilines is 3. The van der Waals surface area contributed by atoms with Crippen LogP contribution in [0.5, 0.6) is 0 Å². The third kappa shape index (κ3) is 9.87. The fourth-order valence-electron chi connectivity index (χ4n) is 8.76. The monoisotopic (exact) mass is 953 g/mol. The molecule has 5 nitrogen and oxygen atoms in total. The molecule has 0 atom stereocenters. The molecular formula is C64H43NO4S2. The lowest BCUT2D eigenvalue weighted by Gasteiger charge is -2.26. The van der Waals surface area contributed by atoms with Crippen molar-refractivity contribution in [1.29, 1.82) is 0 Å². The van der Waals surface area contributed by atoms with Crippen molar-refractivity contribution in [2.24, 2.45) is 0 Å². The lowest BCUT2D eigenvalue weighted by molar-refractivity contribution is 0.0697. The largest absolute Gasteiger partial charge is 0.478 e. The van der Waals surface area contributed by atoms with Gasteiger partial charge in [-0.3, -0.25) is 0 Å². The molecule has 8 aromatic carbocycles. The second kappa shape index (κ2) is 20.0. The summed E-state index contributed by atoms with van der Waals surface area (Å²) in [7, 11) is 0. The van der Waals surface area contributed by atoms with Crippen molar-refractivity contribution in [3.05, 3.63) is 290 Å². The second-order valence-corrected chi connectivity index (χ2v) is 19.2. The second-order valence-electron chi connectivity index (χ2n) is 17.0. The molecule has 0 saturated heterocycles. The van der Waals surface area contributed by atoms with Gasteiger partial charge >= 0.3 is 11.6 Å². The standard InChI is InChI=1S/C64H43NO4S2/c66-63(67)50-27-25-49(26-28-50)60-42-62-61(71-60)41-56(70-62)36-30-52-39-51-29-35-55(40-59(51)69-64(52)68)65(53-31-21-43(22-32-53)37-57(45-13-5-1-6-14-45)46-15-7-2-8-16-46)54-33-23-44(24-34-54)38-58(47-17-9-3-10-18-47)48-19-11-4-12-20-48/h1-42H,(H,66,67)/b36-30+. The predicted octanol–water partition coefficient (Wildman–Crippen LogP) is 17.3. The van der Waals surface area contributed by atoms with E-state index in [0.717, 1.165) is 91.7 Å². The van der Waals surface area contributed by atoms with Crippen molar-refractivity contribution in [2.75, 3.05) is 4.90 Å². The van der Waals surface area contributed by atoms with Gasteiger partial charge in [0.2, 0.25) is 0 Å². The summed E-state index contributed by atoms with van der Waals surface area (Å²) in [5.41, 5.74) is 13.5. The summed E-state index contributed by atoms with van der Waals surface area (Å²) in [5, 5.41) is 10.1. The van der Waals surface area contributed by atoms with E-state index in [0.29, 0.717) is 11.1 Å². The molecule has 7 heteroatoms. The minimum Gasteiger partial charge on any atom is -0.478 e. The van der Waals surface area contributed by atoms with E-state index in [1.165, 1.54) is 0 Å². The molecule has 0 aliphatic heterocycles. The van der Waals surface area contributed by atoms with Crippen molar-refractivity contribution in [3.8, 4) is 10.4 Å². The van der Waals surface area contributed by atoms with E-state index in [9.17, 15) is 14.7 Å². The average molecular weight is 954 g/mol. The highest BCUT2D eigenvalue weighted by Crippen LogP contribution is 2.40. The summed E-state index contributed by atoms with van der Waals surface area (Å²) in [6, 6.07) is 78.1. The zero-order valence-electron chi connectivity index (χ0n) is 38.2. The Labute approximate surface area is 419 Å². The van der Waals surface area contributed by atoms with Crippen molar-refractivity contribution in [3.63, 3.8) is 0 Å². The number of carboxylic acids is 1. The molecule has 0 amide bonds. The maximum absolute atomic E-state index is 13.7. The van der Waals surface area contributed by atoms with Crippen LogP contribution in [-0.4, -0.2) is 11.1 Å². The third-order valence-corrected chi connectivity index (χ3v) is 14.6. The topological polar surface area (TPSA) is 70.8 Å². The Hall–Kier alpha value is -8.88. The van der Waals surface area contributed by atoms with Crippen LogP contribution in [0, 0.1) is 0 Å². The van der Waals surface area contributed by atoms with Crippen LogP contribution in [0.25, 0.3) is 66.3 Å². The Kier molecular flexibility index (Phi) is 12.6. The van der Waals surface area contributed by atoms with E-state index in [1.54, 1.807) is 34.8 Å². The predicted molar refractivity (Wildman–Crippen MR) is 298 cm³/mol. The molecular weight excluding hydrogens is 911 g/mol. The van der Waals surface area contributed by atoms with Gasteiger partial charge in [0.05, 0.1) is 11.1 Å². The van der Waals surface area contributed by atoms with Crippen LogP contribution in [0.2, 0.25) is 0 Å². The SMILES string of the molecule is O=C(O)c1ccc(-c2cc3sc(/C=C/c4cc5ccc(N(c6ccc(C=C(c7ccccc7)c7ccccc7)cc6)c6ccc(C=C(c7ccccc7)c7ccccc7)cc6)cc5oc4=O)cc3s2)cc1. The first-order chi connectivity index (χ1) is 34.9. The molecule has 11 rings (SSSR count). The summed E-state index contributed by atoms with van der Waals surface area (Å²) in [4.78, 5) is 29.3. The van der Waals surface area contributed by atoms with Gasteiger partial charge in [0.1, 0.15) is 5.58 Å². The average Bonchev–Trinajstić information content (AvgIpc) is 4.01. The van der Waals surface area contributed by atoms with Gasteiger partial charge in [-0.2, -0.15) is 0 Å². The van der Waals surface area contributed by atoms with Gasteiger partial charge in [-0.05, 0) is 141 Å². The molecule has 0 aliphatic carbocycles. The zero-order valence-corrected chi connectivity index (χ0v) is 39.8. The minimum absolute atomic E-state index is 0.263. The molecule has 0 fully saturated rings. The molecule has 0 saturated carbocycles. The zero-order chi connectivity index (χ0) is 48.1. The Morgan fingerprint density at radius 3 is 1.42 bits per heavy atom. The van der Waals surface area contributed by atoms with Gasteiger partial charge < -0.3 is 14.4 Å². The van der Waals surface area contributed by atoms with Crippen molar-refractivity contribution >= 4 is 102 Å². The van der Waals surface area contributed by atoms with Gasteiger partial charge in [-0.15, -0.1) is 22.7 Å². The number of fused-ring (bicyclic) bond motifs is 2. The number of carboxylic acid groups (broad SMARTS) is 1. The summed E-state index contributed by atoms with van der Waals surface area (Å²) in [5.74, 6) is -0.941. The number of benzene rings is 8. The van der Waals surface area contributed by atoms with Crippen molar-refractivity contribution < 1.29 is 14.3 Å². The van der Waals surface area contributed by atoms with Crippen molar-refractivity contribution in [1.82, 2.24) is 0 Å². The third-order valence-electron chi connectivity index (χ3n) is 12.3. The van der Waals surface area contributed by atoms with Crippen LogP contribution in [0.3, 0.4) is 0 Å². The normalized spacial score (nSPS) is 11.2. The molecule has 3 aromatic heterocycles. The van der Waals surface area contributed by atoms with Gasteiger partial charge in [0.15, 0.2) is 0 Å². The maximum Gasteiger partial charge on any atom is 0.343 e. The highest BCUT2D eigenvalue weighted by atomic mass is 32.1. The van der Waals surface area contributed by atoms with Crippen LogP contribution in [0.1, 0.15) is 54.2 Å². The number of thiophene rings is 2. The highest BCUT2D eigenvalue weighted by molar-refractivity contribution is 7.29. The van der Waals surface area contributed by atoms with E-state index >= 15 is 0 Å². The van der Waals surface area contributed by atoms with E-state index in [4.69, 9.17) is 4.42 Å². The summed E-state index contributed by atoms with van der Waals surface area (Å²) in [6.45, 7) is 0. The van der Waals surface area contributed by atoms with Gasteiger partial charge in [0, 0.05) is 47.7 Å². The first-order valence-corrected chi connectivity index (χ1v) is 24.8. The van der Waals surface area contributed by atoms with Gasteiger partial charge in [-0.1, -0.05) is 158 Å². The quantitative estimate of drug-likeness (QED) is 0.0921. The van der Waals surface area contributed by atoms with Gasteiger partial charge in [-0.25, -0.2) is 9.59 Å². The van der Waals surface area contributed by atoms with E-state index in [1.807, 2.05) is 66.7 Å². The molecule has 0 unspecified atom stereocenters. The molecule has 3 heterocycles. The molecule has 0 spiro atoms. The molecule has 0 radical (unpaired) electrons. The Balaban J connectivity index is 0.924. The van der Waals surface area contributed by atoms with E-state index in [-0.39, 0.29) is 5.56 Å². The minimum atomic E-state index is -0.941. The Morgan fingerprint density at radius 1 is 0.465 bits per heavy atom. The smallest absolute Gasteiger partial charge is 0.343 e. The first-order valence-electron chi connectivity index (χ1n) is 23.2. The van der Waals surface area contributed by atoms with Crippen LogP contribution in [0.4, 0.5) is 17.1 Å². The molecule has 71 heavy (non-hydrogen) atoms. The number of nitrogens with zero attached hydrogens (tertiary/aromatic N) is 1. The van der Waals surface area contributed by atoms with Crippen LogP contribution >= 0.6 is 22.7 Å². The van der Waals surface area contributed by atoms with E-state index < -0.39 is 11.6 Å². The highest BCUT2D eigenvalue weighted by Gasteiger charge is 2.16. The van der Waals surface area contributed by atoms with Crippen LogP contribution in [0.15, 0.2) is 240 Å². The van der Waals surface area contributed by atoms with E-state index in [2.05, 4.69) is 181 Å². The molecule has 1 N–H and O–H groups in total. The fourth-order valence-corrected chi connectivity index (χ4v) is 11.1. The summed E-state index contributed by atoms with van der Waals surface area (Å²) < 4.78 is 8.34. The number of hydrogen-bond donors (Lipinski definition) is 1. The number of hydrogen-bond acceptors (Lipinski definition) is 6. The lowest BCUT2D eigenvalue weighted by Crippen LogP contribution is -2.10. The Bertz CT molecular complexity index is 3560. The molecule has 340 valence electrons. The summed E-state index contributed by atoms with van der Waals surface area (Å²) in [6.07, 6.45) is 8.24. The van der Waals surface area contributed by atoms with Crippen LogP contribution < -0.4 is 10.5 Å². The fraction of sp³-hybridized carbons (Fsp3) is 0. The first kappa shape index (κ1) is 44.6. The van der Waals surface area contributed by atoms with Crippen LogP contribution in [-0.2, 0) is 0 Å². The molecule has 0 bridgehead atoms. The maximum atomic E-state index is 13.7. The molecule has 11 aromatic rings.